The van der Waals surface area contributed by atoms with Crippen LogP contribution < -0.4 is 5.32 Å². The van der Waals surface area contributed by atoms with E-state index in [4.69, 9.17) is 5.11 Å². The molecule has 0 aromatic heterocycles. The van der Waals surface area contributed by atoms with Gasteiger partial charge in [0.25, 0.3) is 0 Å². The second-order valence-electron chi connectivity index (χ2n) is 3.95. The second-order valence-corrected chi connectivity index (χ2v) is 3.95. The number of nitrogens with zero attached hydrogens (tertiary/aromatic N) is 1. The molecule has 5 nitrogen and oxygen atoms in total. The van der Waals surface area contributed by atoms with Gasteiger partial charge in [0.1, 0.15) is 11.8 Å². The normalized spacial score (nSPS) is 33.9. The third-order valence-electron chi connectivity index (χ3n) is 2.98. The first-order chi connectivity index (χ1) is 6.66. The summed E-state index contributed by atoms with van der Waals surface area (Å²) in [5.74, 6) is -0.526. The van der Waals surface area contributed by atoms with Crippen molar-refractivity contribution < 1.29 is 14.7 Å². The number of carbonyl (C=O) groups is 2. The molecule has 0 aliphatic carbocycles. The van der Waals surface area contributed by atoms with Crippen LogP contribution >= 0.6 is 0 Å². The first-order valence-electron chi connectivity index (χ1n) is 4.89. The summed E-state index contributed by atoms with van der Waals surface area (Å²) in [6.45, 7) is 1.97. The molecule has 2 unspecified atom stereocenters. The Labute approximate surface area is 82.1 Å². The Morgan fingerprint density at radius 1 is 1.57 bits per heavy atom. The quantitative estimate of drug-likeness (QED) is 0.600. The molecule has 2 saturated heterocycles. The summed E-state index contributed by atoms with van der Waals surface area (Å²) < 4.78 is 0. The third-order valence-corrected chi connectivity index (χ3v) is 2.98. The molecule has 2 aliphatic heterocycles. The standard InChI is InChI=1S/C9H14N2O3/c12-7-1-2-11(5-7)6-3-8(9(13)14)10-4-6/h6,8,10H,1-5H2,(H,13,14). The zero-order chi connectivity index (χ0) is 10.1. The minimum atomic E-state index is -0.793. The molecule has 0 spiro atoms. The van der Waals surface area contributed by atoms with Crippen LogP contribution in [0.25, 0.3) is 0 Å². The van der Waals surface area contributed by atoms with Gasteiger partial charge in [0.05, 0.1) is 6.54 Å². The molecular weight excluding hydrogens is 184 g/mol. The van der Waals surface area contributed by atoms with Gasteiger partial charge < -0.3 is 10.4 Å². The Balaban J connectivity index is 1.89. The van der Waals surface area contributed by atoms with Gasteiger partial charge in [-0.15, -0.1) is 0 Å². The fourth-order valence-corrected chi connectivity index (χ4v) is 2.15. The number of Topliss-reactive ketones (excluding diaryl/α,β-unsaturated/α-hetero) is 1. The highest BCUT2D eigenvalue weighted by Crippen LogP contribution is 2.17. The predicted molar refractivity (Wildman–Crippen MR) is 49.0 cm³/mol. The molecule has 0 aromatic rings. The van der Waals surface area contributed by atoms with Crippen LogP contribution in [0, 0.1) is 0 Å². The second kappa shape index (κ2) is 3.67. The van der Waals surface area contributed by atoms with Crippen molar-refractivity contribution in [3.63, 3.8) is 0 Å². The highest BCUT2D eigenvalue weighted by molar-refractivity contribution is 5.82. The molecule has 2 rings (SSSR count). The van der Waals surface area contributed by atoms with Gasteiger partial charge in [-0.2, -0.15) is 0 Å². The number of likely N-dealkylation sites (tertiary alicyclic amines) is 1. The van der Waals surface area contributed by atoms with Gasteiger partial charge in [-0.3, -0.25) is 14.5 Å². The van der Waals surface area contributed by atoms with E-state index in [2.05, 4.69) is 10.2 Å². The predicted octanol–water partition coefficient (Wildman–Crippen LogP) is -0.924. The zero-order valence-electron chi connectivity index (χ0n) is 7.90. The smallest absolute Gasteiger partial charge is 0.320 e. The highest BCUT2D eigenvalue weighted by atomic mass is 16.4. The van der Waals surface area contributed by atoms with Crippen LogP contribution in [0.1, 0.15) is 12.8 Å². The Morgan fingerprint density at radius 3 is 2.86 bits per heavy atom. The number of nitrogens with one attached hydrogen (secondary N) is 1. The molecule has 14 heavy (non-hydrogen) atoms. The highest BCUT2D eigenvalue weighted by Gasteiger charge is 2.35. The number of carboxylic acids is 1. The van der Waals surface area contributed by atoms with Crippen molar-refractivity contribution >= 4 is 11.8 Å². The van der Waals surface area contributed by atoms with Crippen molar-refractivity contribution in [3.05, 3.63) is 0 Å². The lowest BCUT2D eigenvalue weighted by Crippen LogP contribution is -2.34. The van der Waals surface area contributed by atoms with Crippen LogP contribution in [0.5, 0.6) is 0 Å². The van der Waals surface area contributed by atoms with E-state index in [0.29, 0.717) is 25.9 Å². The maximum absolute atomic E-state index is 11.0. The Bertz CT molecular complexity index is 267. The minimum absolute atomic E-state index is 0.225. The van der Waals surface area contributed by atoms with E-state index in [1.165, 1.54) is 0 Å². The average Bonchev–Trinajstić information content (AvgIpc) is 2.70. The lowest BCUT2D eigenvalue weighted by atomic mass is 10.1. The van der Waals surface area contributed by atoms with Crippen molar-refractivity contribution in [2.45, 2.75) is 24.9 Å². The number of carbonyl (C=O) groups excluding carboxylic acids is 1. The van der Waals surface area contributed by atoms with Gasteiger partial charge in [-0.05, 0) is 6.42 Å². The average molecular weight is 198 g/mol. The SMILES string of the molecule is O=C1CCN(C2CNC(C(=O)O)C2)C1. The number of hydrogen-bond acceptors (Lipinski definition) is 4. The third kappa shape index (κ3) is 1.78. The largest absolute Gasteiger partial charge is 0.480 e. The van der Waals surface area contributed by atoms with E-state index in [1.807, 2.05) is 0 Å². The first kappa shape index (κ1) is 9.61. The summed E-state index contributed by atoms with van der Waals surface area (Å²) in [5, 5.41) is 11.7. The van der Waals surface area contributed by atoms with Crippen LogP contribution in [0.15, 0.2) is 0 Å². The van der Waals surface area contributed by atoms with Crippen molar-refractivity contribution in [1.82, 2.24) is 10.2 Å². The molecule has 2 N–H and O–H groups in total. The Kier molecular flexibility index (Phi) is 2.52. The van der Waals surface area contributed by atoms with Crippen LogP contribution in [0.2, 0.25) is 0 Å². The molecule has 2 atom stereocenters. The molecule has 0 aromatic carbocycles. The van der Waals surface area contributed by atoms with Crippen molar-refractivity contribution in [2.24, 2.45) is 0 Å². The fourth-order valence-electron chi connectivity index (χ4n) is 2.15. The molecule has 2 aliphatic rings. The van der Waals surface area contributed by atoms with Gasteiger partial charge in [0, 0.05) is 25.6 Å². The maximum atomic E-state index is 11.0. The molecular formula is C9H14N2O3. The first-order valence-corrected chi connectivity index (χ1v) is 4.89. The van der Waals surface area contributed by atoms with Crippen LogP contribution in [0.4, 0.5) is 0 Å². The van der Waals surface area contributed by atoms with Gasteiger partial charge in [-0.1, -0.05) is 0 Å². The molecule has 0 bridgehead atoms. The van der Waals surface area contributed by atoms with E-state index in [-0.39, 0.29) is 11.8 Å². The fraction of sp³-hybridized carbons (Fsp3) is 0.778. The molecule has 0 amide bonds. The maximum Gasteiger partial charge on any atom is 0.320 e. The van der Waals surface area contributed by atoms with Gasteiger partial charge in [0.2, 0.25) is 0 Å². The Hall–Kier alpha value is -0.940. The van der Waals surface area contributed by atoms with E-state index in [9.17, 15) is 9.59 Å². The molecule has 0 radical (unpaired) electrons. The summed E-state index contributed by atoms with van der Waals surface area (Å²) in [4.78, 5) is 23.8. The molecule has 2 heterocycles. The molecule has 0 saturated carbocycles. The zero-order valence-corrected chi connectivity index (χ0v) is 7.90. The van der Waals surface area contributed by atoms with E-state index < -0.39 is 12.0 Å². The number of hydrogen-bond donors (Lipinski definition) is 2. The summed E-state index contributed by atoms with van der Waals surface area (Å²) in [6, 6.07) is -0.210. The number of carboxylic acid groups (broad SMARTS) is 1. The van der Waals surface area contributed by atoms with Crippen LogP contribution in [-0.4, -0.2) is 53.5 Å². The van der Waals surface area contributed by atoms with Crippen LogP contribution in [0.3, 0.4) is 0 Å². The molecule has 2 fully saturated rings. The monoisotopic (exact) mass is 198 g/mol. The molecule has 78 valence electrons. The van der Waals surface area contributed by atoms with Gasteiger partial charge in [0.15, 0.2) is 0 Å². The summed E-state index contributed by atoms with van der Waals surface area (Å²) in [5.41, 5.74) is 0. The lowest BCUT2D eigenvalue weighted by Gasteiger charge is -2.20. The lowest BCUT2D eigenvalue weighted by molar-refractivity contribution is -0.139. The summed E-state index contributed by atoms with van der Waals surface area (Å²) in [6.07, 6.45) is 1.23. The van der Waals surface area contributed by atoms with Crippen LogP contribution in [-0.2, 0) is 9.59 Å². The van der Waals surface area contributed by atoms with Crippen molar-refractivity contribution in [2.75, 3.05) is 19.6 Å². The number of rotatable bonds is 2. The van der Waals surface area contributed by atoms with Crippen molar-refractivity contribution in [1.29, 1.82) is 0 Å². The van der Waals surface area contributed by atoms with E-state index >= 15 is 0 Å². The van der Waals surface area contributed by atoms with Gasteiger partial charge in [-0.25, -0.2) is 0 Å². The summed E-state index contributed by atoms with van der Waals surface area (Å²) >= 11 is 0. The van der Waals surface area contributed by atoms with E-state index in [0.717, 1.165) is 6.54 Å². The minimum Gasteiger partial charge on any atom is -0.480 e. The van der Waals surface area contributed by atoms with Gasteiger partial charge >= 0.3 is 5.97 Å². The summed E-state index contributed by atoms with van der Waals surface area (Å²) in [7, 11) is 0. The van der Waals surface area contributed by atoms with Crippen molar-refractivity contribution in [3.8, 4) is 0 Å². The molecule has 5 heteroatoms. The number of ketones is 1. The Morgan fingerprint density at radius 2 is 2.36 bits per heavy atom. The topological polar surface area (TPSA) is 69.6 Å². The number of aliphatic carboxylic acids is 1. The van der Waals surface area contributed by atoms with E-state index in [1.54, 1.807) is 0 Å².